The second-order valence-corrected chi connectivity index (χ2v) is 5.54. The summed E-state index contributed by atoms with van der Waals surface area (Å²) < 4.78 is 1.60. The number of aromatic nitrogens is 5. The van der Waals surface area contributed by atoms with E-state index in [1.54, 1.807) is 17.1 Å². The molecule has 1 saturated carbocycles. The number of nitrogens with zero attached hydrogens (tertiary/aromatic N) is 6. The van der Waals surface area contributed by atoms with Crippen molar-refractivity contribution in [3.63, 3.8) is 0 Å². The summed E-state index contributed by atoms with van der Waals surface area (Å²) in [7, 11) is 0. The maximum atomic E-state index is 5.48. The largest absolute Gasteiger partial charge is 0.338 e. The highest BCUT2D eigenvalue weighted by atomic mass is 15.4. The van der Waals surface area contributed by atoms with Gasteiger partial charge in [0.15, 0.2) is 0 Å². The smallest absolute Gasteiger partial charge is 0.257 e. The Labute approximate surface area is 123 Å². The molecule has 1 aliphatic rings. The van der Waals surface area contributed by atoms with Gasteiger partial charge in [0.25, 0.3) is 5.95 Å². The lowest BCUT2D eigenvalue weighted by molar-refractivity contribution is 0.622. The van der Waals surface area contributed by atoms with E-state index in [-0.39, 0.29) is 0 Å². The first-order valence-corrected chi connectivity index (χ1v) is 7.16. The zero-order valence-electron chi connectivity index (χ0n) is 12.3. The van der Waals surface area contributed by atoms with E-state index in [4.69, 9.17) is 5.84 Å². The predicted octanol–water partition coefficient (Wildman–Crippen LogP) is 0.968. The first kappa shape index (κ1) is 13.7. The number of nitrogens with two attached hydrogens (primary N) is 1. The molecule has 21 heavy (non-hydrogen) atoms. The van der Waals surface area contributed by atoms with Crippen LogP contribution < -0.4 is 16.2 Å². The van der Waals surface area contributed by atoms with E-state index in [1.807, 2.05) is 6.07 Å². The maximum absolute atomic E-state index is 5.48. The molecule has 0 spiro atoms. The van der Waals surface area contributed by atoms with Crippen LogP contribution in [0.3, 0.4) is 0 Å². The van der Waals surface area contributed by atoms with Crippen molar-refractivity contribution in [3.8, 4) is 5.95 Å². The minimum Gasteiger partial charge on any atom is -0.338 e. The predicted molar refractivity (Wildman–Crippen MR) is 80.0 cm³/mol. The Kier molecular flexibility index (Phi) is 3.70. The second-order valence-electron chi connectivity index (χ2n) is 5.54. The van der Waals surface area contributed by atoms with Gasteiger partial charge in [-0.2, -0.15) is 20.1 Å². The molecule has 2 aromatic rings. The molecule has 2 aromatic heterocycles. The lowest BCUT2D eigenvalue weighted by atomic mass is 10.3. The molecule has 3 N–H and O–H groups in total. The van der Waals surface area contributed by atoms with Gasteiger partial charge in [0.2, 0.25) is 11.9 Å². The Morgan fingerprint density at radius 2 is 2.19 bits per heavy atom. The van der Waals surface area contributed by atoms with Crippen molar-refractivity contribution in [2.75, 3.05) is 16.9 Å². The van der Waals surface area contributed by atoms with Crippen LogP contribution in [0.4, 0.5) is 11.9 Å². The number of nitrogen functional groups attached to an aromatic ring is 1. The SMILES string of the molecule is CC(C)N(CC1CC1)c1nc(NN)nc(-n2cccn2)n1. The van der Waals surface area contributed by atoms with E-state index >= 15 is 0 Å². The highest BCUT2D eigenvalue weighted by Gasteiger charge is 2.27. The second kappa shape index (κ2) is 5.65. The molecule has 0 aromatic carbocycles. The van der Waals surface area contributed by atoms with E-state index in [2.05, 4.69) is 44.2 Å². The fourth-order valence-electron chi connectivity index (χ4n) is 2.14. The molecule has 0 bridgehead atoms. The van der Waals surface area contributed by atoms with Crippen LogP contribution in [0, 0.1) is 5.92 Å². The summed E-state index contributed by atoms with van der Waals surface area (Å²) in [5, 5.41) is 4.16. The molecule has 0 radical (unpaired) electrons. The van der Waals surface area contributed by atoms with Crippen molar-refractivity contribution >= 4 is 11.9 Å². The monoisotopic (exact) mass is 288 g/mol. The van der Waals surface area contributed by atoms with Gasteiger partial charge in [-0.1, -0.05) is 0 Å². The van der Waals surface area contributed by atoms with Crippen LogP contribution in [0.25, 0.3) is 5.95 Å². The molecular weight excluding hydrogens is 268 g/mol. The average Bonchev–Trinajstić information content (AvgIpc) is 3.14. The Morgan fingerprint density at radius 1 is 1.38 bits per heavy atom. The maximum Gasteiger partial charge on any atom is 0.257 e. The van der Waals surface area contributed by atoms with Gasteiger partial charge in [-0.05, 0) is 38.7 Å². The van der Waals surface area contributed by atoms with Crippen molar-refractivity contribution in [2.45, 2.75) is 32.7 Å². The van der Waals surface area contributed by atoms with Crippen molar-refractivity contribution in [3.05, 3.63) is 18.5 Å². The fraction of sp³-hybridized carbons (Fsp3) is 0.538. The third kappa shape index (κ3) is 3.10. The van der Waals surface area contributed by atoms with Gasteiger partial charge < -0.3 is 4.90 Å². The molecule has 0 aliphatic heterocycles. The molecule has 8 heteroatoms. The summed E-state index contributed by atoms with van der Waals surface area (Å²) in [5.74, 6) is 7.65. The first-order valence-electron chi connectivity index (χ1n) is 7.16. The molecule has 2 heterocycles. The van der Waals surface area contributed by atoms with Gasteiger partial charge in [0.05, 0.1) is 0 Å². The Balaban J connectivity index is 1.97. The summed E-state index contributed by atoms with van der Waals surface area (Å²) in [6.45, 7) is 5.23. The number of nitrogens with one attached hydrogen (secondary N) is 1. The number of anilines is 2. The zero-order valence-corrected chi connectivity index (χ0v) is 12.3. The van der Waals surface area contributed by atoms with Crippen LogP contribution in [-0.2, 0) is 0 Å². The third-order valence-electron chi connectivity index (χ3n) is 3.48. The van der Waals surface area contributed by atoms with Crippen LogP contribution in [-0.4, -0.2) is 37.3 Å². The van der Waals surface area contributed by atoms with Gasteiger partial charge in [-0.15, -0.1) is 0 Å². The minimum atomic E-state index is 0.309. The Morgan fingerprint density at radius 3 is 2.76 bits per heavy atom. The lowest BCUT2D eigenvalue weighted by Gasteiger charge is -2.27. The molecular formula is C13H20N8. The van der Waals surface area contributed by atoms with E-state index in [1.165, 1.54) is 12.8 Å². The molecule has 0 unspecified atom stereocenters. The topological polar surface area (TPSA) is 97.8 Å². The molecule has 0 atom stereocenters. The normalized spacial score (nSPS) is 14.5. The molecule has 8 nitrogen and oxygen atoms in total. The van der Waals surface area contributed by atoms with Crippen LogP contribution in [0.1, 0.15) is 26.7 Å². The summed E-state index contributed by atoms with van der Waals surface area (Å²) >= 11 is 0. The number of rotatable bonds is 6. The first-order chi connectivity index (χ1) is 10.2. The standard InChI is InChI=1S/C13H20N8/c1-9(2)20(8-10-4-5-10)12-16-11(19-14)17-13(18-12)21-7-3-6-15-21/h3,6-7,9-10H,4-5,8,14H2,1-2H3,(H,16,17,18,19). The van der Waals surface area contributed by atoms with Gasteiger partial charge in [-0.25, -0.2) is 10.5 Å². The van der Waals surface area contributed by atoms with Crippen LogP contribution in [0.2, 0.25) is 0 Å². The van der Waals surface area contributed by atoms with E-state index in [0.717, 1.165) is 12.5 Å². The van der Waals surface area contributed by atoms with Crippen LogP contribution in [0.15, 0.2) is 18.5 Å². The molecule has 3 rings (SSSR count). The fourth-order valence-corrected chi connectivity index (χ4v) is 2.14. The number of hydrogen-bond donors (Lipinski definition) is 2. The summed E-state index contributed by atoms with van der Waals surface area (Å²) in [6.07, 6.45) is 6.04. The molecule has 0 amide bonds. The van der Waals surface area contributed by atoms with Crippen molar-refractivity contribution < 1.29 is 0 Å². The number of hydrazine groups is 1. The highest BCUT2D eigenvalue weighted by molar-refractivity contribution is 5.40. The van der Waals surface area contributed by atoms with E-state index < -0.39 is 0 Å². The summed E-state index contributed by atoms with van der Waals surface area (Å²) in [6, 6.07) is 2.13. The highest BCUT2D eigenvalue weighted by Crippen LogP contribution is 2.31. The summed E-state index contributed by atoms with van der Waals surface area (Å²) in [4.78, 5) is 15.4. The van der Waals surface area contributed by atoms with E-state index in [9.17, 15) is 0 Å². The van der Waals surface area contributed by atoms with Crippen molar-refractivity contribution in [1.82, 2.24) is 24.7 Å². The van der Waals surface area contributed by atoms with Gasteiger partial charge in [0.1, 0.15) is 0 Å². The zero-order chi connectivity index (χ0) is 14.8. The van der Waals surface area contributed by atoms with Crippen molar-refractivity contribution in [2.24, 2.45) is 11.8 Å². The van der Waals surface area contributed by atoms with Gasteiger partial charge in [-0.3, -0.25) is 5.43 Å². The number of hydrogen-bond acceptors (Lipinski definition) is 7. The molecule has 112 valence electrons. The lowest BCUT2D eigenvalue weighted by Crippen LogP contribution is -2.35. The Bertz CT molecular complexity index is 590. The van der Waals surface area contributed by atoms with Crippen LogP contribution in [0.5, 0.6) is 0 Å². The summed E-state index contributed by atoms with van der Waals surface area (Å²) in [5.41, 5.74) is 2.50. The Hall–Kier alpha value is -2.22. The van der Waals surface area contributed by atoms with Gasteiger partial charge in [0, 0.05) is 25.0 Å². The molecule has 1 aliphatic carbocycles. The molecule has 0 saturated heterocycles. The average molecular weight is 288 g/mol. The molecule has 1 fully saturated rings. The van der Waals surface area contributed by atoms with Crippen LogP contribution >= 0.6 is 0 Å². The van der Waals surface area contributed by atoms with Gasteiger partial charge >= 0.3 is 0 Å². The quantitative estimate of drug-likeness (QED) is 0.603. The third-order valence-corrected chi connectivity index (χ3v) is 3.48. The minimum absolute atomic E-state index is 0.309. The van der Waals surface area contributed by atoms with E-state index in [0.29, 0.717) is 23.9 Å². The van der Waals surface area contributed by atoms with Crippen molar-refractivity contribution in [1.29, 1.82) is 0 Å².